The van der Waals surface area contributed by atoms with E-state index in [1.807, 2.05) is 6.92 Å². The number of hydrogen-bond acceptors (Lipinski definition) is 3. The highest BCUT2D eigenvalue weighted by Gasteiger charge is 2.15. The molecule has 0 radical (unpaired) electrons. The SMILES string of the molecule is CCC1=NNC(=O)N(N)C1. The summed E-state index contributed by atoms with van der Waals surface area (Å²) in [6.07, 6.45) is 0.813. The van der Waals surface area contributed by atoms with Crippen LogP contribution in [0.1, 0.15) is 13.3 Å². The monoisotopic (exact) mass is 142 g/mol. The lowest BCUT2D eigenvalue weighted by Crippen LogP contribution is -2.49. The Bertz CT molecular complexity index is 176. The lowest BCUT2D eigenvalue weighted by Gasteiger charge is -2.20. The van der Waals surface area contributed by atoms with Crippen molar-refractivity contribution >= 4 is 11.7 Å². The fraction of sp³-hybridized carbons (Fsp3) is 0.600. The van der Waals surface area contributed by atoms with Crippen LogP contribution >= 0.6 is 0 Å². The molecule has 2 amide bonds. The molecule has 1 aliphatic heterocycles. The van der Waals surface area contributed by atoms with Gasteiger partial charge >= 0.3 is 6.03 Å². The van der Waals surface area contributed by atoms with Crippen molar-refractivity contribution in [1.82, 2.24) is 10.4 Å². The van der Waals surface area contributed by atoms with Crippen LogP contribution in [0.15, 0.2) is 5.10 Å². The van der Waals surface area contributed by atoms with E-state index in [4.69, 9.17) is 5.84 Å². The maximum absolute atomic E-state index is 10.6. The standard InChI is InChI=1S/C5H10N4O/c1-2-4-3-9(6)5(10)8-7-4/h2-3,6H2,1H3,(H,8,10). The van der Waals surface area contributed by atoms with E-state index in [1.165, 1.54) is 0 Å². The number of urea groups is 1. The number of hydrazone groups is 1. The zero-order valence-electron chi connectivity index (χ0n) is 5.79. The molecule has 5 nitrogen and oxygen atoms in total. The highest BCUT2D eigenvalue weighted by molar-refractivity contribution is 5.92. The topological polar surface area (TPSA) is 70.7 Å². The lowest BCUT2D eigenvalue weighted by atomic mass is 10.3. The van der Waals surface area contributed by atoms with Gasteiger partial charge < -0.3 is 0 Å². The predicted octanol–water partition coefficient (Wildman–Crippen LogP) is -0.349. The number of hydrazine groups is 1. The number of rotatable bonds is 1. The van der Waals surface area contributed by atoms with Crippen LogP contribution in [-0.4, -0.2) is 23.3 Å². The second-order valence-electron chi connectivity index (χ2n) is 2.08. The van der Waals surface area contributed by atoms with Gasteiger partial charge in [-0.25, -0.2) is 16.1 Å². The molecule has 0 fully saturated rings. The Balaban J connectivity index is 2.61. The van der Waals surface area contributed by atoms with Gasteiger partial charge in [0, 0.05) is 0 Å². The van der Waals surface area contributed by atoms with Gasteiger partial charge in [0.15, 0.2) is 0 Å². The molecule has 0 bridgehead atoms. The second kappa shape index (κ2) is 2.66. The van der Waals surface area contributed by atoms with E-state index in [9.17, 15) is 4.79 Å². The maximum Gasteiger partial charge on any atom is 0.352 e. The van der Waals surface area contributed by atoms with Crippen molar-refractivity contribution in [3.05, 3.63) is 0 Å². The first kappa shape index (κ1) is 7.01. The number of amides is 2. The van der Waals surface area contributed by atoms with E-state index in [1.54, 1.807) is 0 Å². The van der Waals surface area contributed by atoms with Crippen LogP contribution in [0.3, 0.4) is 0 Å². The molecule has 0 spiro atoms. The molecule has 56 valence electrons. The van der Waals surface area contributed by atoms with Gasteiger partial charge in [0.05, 0.1) is 12.3 Å². The Labute approximate surface area is 58.8 Å². The Hall–Kier alpha value is -1.10. The average Bonchev–Trinajstić information content (AvgIpc) is 1.95. The summed E-state index contributed by atoms with van der Waals surface area (Å²) in [5.74, 6) is 5.28. The van der Waals surface area contributed by atoms with E-state index in [0.29, 0.717) is 6.54 Å². The number of hydrogen-bond donors (Lipinski definition) is 2. The van der Waals surface area contributed by atoms with E-state index in [2.05, 4.69) is 10.5 Å². The zero-order chi connectivity index (χ0) is 7.56. The molecule has 0 atom stereocenters. The summed E-state index contributed by atoms with van der Waals surface area (Å²) < 4.78 is 0. The third kappa shape index (κ3) is 1.24. The van der Waals surface area contributed by atoms with Crippen LogP contribution in [-0.2, 0) is 0 Å². The van der Waals surface area contributed by atoms with Crippen molar-refractivity contribution < 1.29 is 4.79 Å². The third-order valence-corrected chi connectivity index (χ3v) is 1.33. The molecule has 0 aromatic carbocycles. The Morgan fingerprint density at radius 2 is 2.60 bits per heavy atom. The van der Waals surface area contributed by atoms with Gasteiger partial charge in [-0.05, 0) is 6.42 Å². The van der Waals surface area contributed by atoms with Gasteiger partial charge in [0.1, 0.15) is 0 Å². The Morgan fingerprint density at radius 1 is 1.90 bits per heavy atom. The van der Waals surface area contributed by atoms with Crippen molar-refractivity contribution in [1.29, 1.82) is 0 Å². The molecule has 0 aromatic rings. The van der Waals surface area contributed by atoms with E-state index in [0.717, 1.165) is 17.1 Å². The third-order valence-electron chi connectivity index (χ3n) is 1.33. The summed E-state index contributed by atoms with van der Waals surface area (Å²) >= 11 is 0. The zero-order valence-corrected chi connectivity index (χ0v) is 5.79. The van der Waals surface area contributed by atoms with E-state index >= 15 is 0 Å². The molecule has 1 rings (SSSR count). The minimum absolute atomic E-state index is 0.350. The Kier molecular flexibility index (Phi) is 1.86. The first-order valence-electron chi connectivity index (χ1n) is 3.11. The second-order valence-corrected chi connectivity index (χ2v) is 2.08. The first-order valence-corrected chi connectivity index (χ1v) is 3.11. The summed E-state index contributed by atoms with van der Waals surface area (Å²) in [5, 5.41) is 4.88. The van der Waals surface area contributed by atoms with Crippen molar-refractivity contribution in [2.75, 3.05) is 6.54 Å². The van der Waals surface area contributed by atoms with Crippen molar-refractivity contribution in [3.8, 4) is 0 Å². The molecule has 0 aromatic heterocycles. The van der Waals surface area contributed by atoms with Gasteiger partial charge in [0.2, 0.25) is 0 Å². The molecular weight excluding hydrogens is 132 g/mol. The maximum atomic E-state index is 10.6. The molecule has 1 aliphatic rings. The summed E-state index contributed by atoms with van der Waals surface area (Å²) in [6, 6.07) is -0.350. The van der Waals surface area contributed by atoms with Crippen LogP contribution in [0.4, 0.5) is 4.79 Å². The molecule has 5 heteroatoms. The fourth-order valence-corrected chi connectivity index (χ4v) is 0.686. The number of nitrogens with one attached hydrogen (secondary N) is 1. The van der Waals surface area contributed by atoms with Gasteiger partial charge in [-0.15, -0.1) is 0 Å². The van der Waals surface area contributed by atoms with Crippen molar-refractivity contribution in [2.45, 2.75) is 13.3 Å². The minimum atomic E-state index is -0.350. The summed E-state index contributed by atoms with van der Waals surface area (Å²) in [4.78, 5) is 10.6. The van der Waals surface area contributed by atoms with Gasteiger partial charge in [-0.3, -0.25) is 5.01 Å². The molecule has 0 saturated carbocycles. The predicted molar refractivity (Wildman–Crippen MR) is 37.2 cm³/mol. The van der Waals surface area contributed by atoms with Crippen LogP contribution in [0.25, 0.3) is 0 Å². The van der Waals surface area contributed by atoms with Crippen LogP contribution in [0.5, 0.6) is 0 Å². The summed E-state index contributed by atoms with van der Waals surface area (Å²) in [6.45, 7) is 2.40. The number of nitrogens with two attached hydrogens (primary N) is 1. The molecule has 0 unspecified atom stereocenters. The van der Waals surface area contributed by atoms with Gasteiger partial charge in [0.25, 0.3) is 0 Å². The highest BCUT2D eigenvalue weighted by atomic mass is 16.2. The molecule has 1 heterocycles. The molecule has 3 N–H and O–H groups in total. The minimum Gasteiger partial charge on any atom is -0.255 e. The average molecular weight is 142 g/mol. The van der Waals surface area contributed by atoms with Crippen molar-refractivity contribution in [3.63, 3.8) is 0 Å². The lowest BCUT2D eigenvalue weighted by molar-refractivity contribution is 0.203. The quantitative estimate of drug-likeness (QED) is 0.388. The van der Waals surface area contributed by atoms with Crippen LogP contribution < -0.4 is 11.3 Å². The normalized spacial score (nSPS) is 18.4. The summed E-state index contributed by atoms with van der Waals surface area (Å²) in [7, 11) is 0. The summed E-state index contributed by atoms with van der Waals surface area (Å²) in [5.41, 5.74) is 3.17. The van der Waals surface area contributed by atoms with E-state index < -0.39 is 0 Å². The van der Waals surface area contributed by atoms with Crippen molar-refractivity contribution in [2.24, 2.45) is 10.9 Å². The van der Waals surface area contributed by atoms with E-state index in [-0.39, 0.29) is 6.03 Å². The Morgan fingerprint density at radius 3 is 3.10 bits per heavy atom. The molecule has 0 aliphatic carbocycles. The fourth-order valence-electron chi connectivity index (χ4n) is 0.686. The first-order chi connectivity index (χ1) is 4.74. The number of carbonyl (C=O) groups is 1. The molecule has 10 heavy (non-hydrogen) atoms. The van der Waals surface area contributed by atoms with Crippen LogP contribution in [0.2, 0.25) is 0 Å². The number of nitrogens with zero attached hydrogens (tertiary/aromatic N) is 2. The highest BCUT2D eigenvalue weighted by Crippen LogP contribution is 1.93. The smallest absolute Gasteiger partial charge is 0.255 e. The van der Waals surface area contributed by atoms with Gasteiger partial charge in [-0.1, -0.05) is 6.92 Å². The van der Waals surface area contributed by atoms with Crippen LogP contribution in [0, 0.1) is 0 Å². The molecule has 0 saturated heterocycles. The number of carbonyl (C=O) groups excluding carboxylic acids is 1. The molecular formula is C5H10N4O. The largest absolute Gasteiger partial charge is 0.352 e. The van der Waals surface area contributed by atoms with Gasteiger partial charge in [-0.2, -0.15) is 5.10 Å².